The Labute approximate surface area is 123 Å². The zero-order valence-corrected chi connectivity index (χ0v) is 13.0. The van der Waals surface area contributed by atoms with Crippen LogP contribution in [0.1, 0.15) is 32.1 Å². The molecule has 3 fully saturated rings. The van der Waals surface area contributed by atoms with Crippen molar-refractivity contribution < 1.29 is 4.74 Å². The summed E-state index contributed by atoms with van der Waals surface area (Å²) >= 11 is 0. The lowest BCUT2D eigenvalue weighted by molar-refractivity contribution is -0.0148. The van der Waals surface area contributed by atoms with Gasteiger partial charge >= 0.3 is 0 Å². The number of rotatable bonds is 3. The third kappa shape index (κ3) is 3.03. The van der Waals surface area contributed by atoms with Crippen LogP contribution in [0.25, 0.3) is 0 Å². The lowest BCUT2D eigenvalue weighted by atomic mass is 9.82. The van der Waals surface area contributed by atoms with E-state index in [1.807, 2.05) is 0 Å². The molecule has 3 atom stereocenters. The average molecular weight is 281 g/mol. The second-order valence-corrected chi connectivity index (χ2v) is 6.99. The molecule has 4 heteroatoms. The molecule has 3 rings (SSSR count). The molecule has 0 aromatic rings. The van der Waals surface area contributed by atoms with Crippen LogP contribution in [-0.4, -0.2) is 68.3 Å². The Hall–Kier alpha value is -0.160. The summed E-state index contributed by atoms with van der Waals surface area (Å²) in [6.07, 6.45) is 6.52. The van der Waals surface area contributed by atoms with E-state index in [1.54, 1.807) is 0 Å². The normalized spacial score (nSPS) is 35.7. The smallest absolute Gasteiger partial charge is 0.0469 e. The number of likely N-dealkylation sites (tertiary alicyclic amines) is 2. The molecule has 0 radical (unpaired) electrons. The standard InChI is InChI=1S/C16H31N3O/c1-18-7-2-3-14-12-19(8-4-15(14)18)16(11-17)13-5-9-20-10-6-13/h13-16H,2-12,17H2,1H3. The van der Waals surface area contributed by atoms with E-state index in [0.717, 1.165) is 37.6 Å². The van der Waals surface area contributed by atoms with Gasteiger partial charge in [0.2, 0.25) is 0 Å². The quantitative estimate of drug-likeness (QED) is 0.843. The van der Waals surface area contributed by atoms with E-state index >= 15 is 0 Å². The molecule has 3 unspecified atom stereocenters. The van der Waals surface area contributed by atoms with Crippen molar-refractivity contribution in [1.29, 1.82) is 0 Å². The van der Waals surface area contributed by atoms with Crippen LogP contribution in [0, 0.1) is 11.8 Å². The van der Waals surface area contributed by atoms with E-state index in [0.29, 0.717) is 6.04 Å². The SMILES string of the molecule is CN1CCCC2CN(C(CN)C3CCOCC3)CCC21. The van der Waals surface area contributed by atoms with Gasteiger partial charge in [-0.05, 0) is 57.5 Å². The first-order valence-electron chi connectivity index (χ1n) is 8.51. The summed E-state index contributed by atoms with van der Waals surface area (Å²) in [5.41, 5.74) is 6.14. The summed E-state index contributed by atoms with van der Waals surface area (Å²) in [6.45, 7) is 6.49. The van der Waals surface area contributed by atoms with E-state index in [1.165, 1.54) is 51.7 Å². The lowest BCUT2D eigenvalue weighted by Crippen LogP contribution is -2.57. The fourth-order valence-electron chi connectivity index (χ4n) is 4.72. The highest BCUT2D eigenvalue weighted by molar-refractivity contribution is 4.93. The van der Waals surface area contributed by atoms with Gasteiger partial charge in [-0.25, -0.2) is 0 Å². The van der Waals surface area contributed by atoms with Gasteiger partial charge < -0.3 is 15.4 Å². The van der Waals surface area contributed by atoms with Gasteiger partial charge in [0.15, 0.2) is 0 Å². The van der Waals surface area contributed by atoms with Gasteiger partial charge in [0.1, 0.15) is 0 Å². The van der Waals surface area contributed by atoms with Crippen molar-refractivity contribution in [2.75, 3.05) is 46.4 Å². The lowest BCUT2D eigenvalue weighted by Gasteiger charge is -2.49. The maximum atomic E-state index is 6.14. The molecule has 0 aromatic heterocycles. The van der Waals surface area contributed by atoms with Crippen LogP contribution in [0.4, 0.5) is 0 Å². The van der Waals surface area contributed by atoms with E-state index in [2.05, 4.69) is 16.8 Å². The average Bonchev–Trinajstić information content (AvgIpc) is 2.49. The van der Waals surface area contributed by atoms with E-state index in [9.17, 15) is 0 Å². The highest BCUT2D eigenvalue weighted by atomic mass is 16.5. The summed E-state index contributed by atoms with van der Waals surface area (Å²) in [6, 6.07) is 1.42. The fraction of sp³-hybridized carbons (Fsp3) is 1.00. The third-order valence-electron chi connectivity index (χ3n) is 5.90. The van der Waals surface area contributed by atoms with Gasteiger partial charge in [0.05, 0.1) is 0 Å². The summed E-state index contributed by atoms with van der Waals surface area (Å²) in [4.78, 5) is 5.31. The molecule has 0 spiro atoms. The Morgan fingerprint density at radius 1 is 1.15 bits per heavy atom. The molecule has 3 heterocycles. The molecule has 0 amide bonds. The fourth-order valence-corrected chi connectivity index (χ4v) is 4.72. The molecule has 0 saturated carbocycles. The zero-order chi connectivity index (χ0) is 13.9. The van der Waals surface area contributed by atoms with Crippen molar-refractivity contribution in [3.63, 3.8) is 0 Å². The molecule has 0 aromatic carbocycles. The van der Waals surface area contributed by atoms with Crippen molar-refractivity contribution in [3.05, 3.63) is 0 Å². The minimum absolute atomic E-state index is 0.590. The topological polar surface area (TPSA) is 41.7 Å². The highest BCUT2D eigenvalue weighted by Gasteiger charge is 2.38. The number of nitrogens with two attached hydrogens (primary N) is 1. The predicted molar refractivity (Wildman–Crippen MR) is 81.7 cm³/mol. The molecular weight excluding hydrogens is 250 g/mol. The van der Waals surface area contributed by atoms with Crippen LogP contribution < -0.4 is 5.73 Å². The molecule has 3 aliphatic heterocycles. The van der Waals surface area contributed by atoms with Crippen LogP contribution in [0.5, 0.6) is 0 Å². The first kappa shape index (κ1) is 14.8. The summed E-state index contributed by atoms with van der Waals surface area (Å²) < 4.78 is 5.52. The van der Waals surface area contributed by atoms with Gasteiger partial charge in [-0.3, -0.25) is 4.90 Å². The maximum absolute atomic E-state index is 6.14. The Morgan fingerprint density at radius 3 is 2.70 bits per heavy atom. The van der Waals surface area contributed by atoms with Crippen molar-refractivity contribution in [2.45, 2.75) is 44.2 Å². The van der Waals surface area contributed by atoms with Gasteiger partial charge in [0.25, 0.3) is 0 Å². The van der Waals surface area contributed by atoms with Crippen LogP contribution in [0.15, 0.2) is 0 Å². The number of ether oxygens (including phenoxy) is 1. The molecule has 20 heavy (non-hydrogen) atoms. The van der Waals surface area contributed by atoms with Gasteiger partial charge in [-0.1, -0.05) is 0 Å². The predicted octanol–water partition coefficient (Wildman–Crippen LogP) is 1.16. The van der Waals surface area contributed by atoms with Gasteiger partial charge in [0, 0.05) is 44.9 Å². The van der Waals surface area contributed by atoms with Crippen molar-refractivity contribution in [3.8, 4) is 0 Å². The molecule has 116 valence electrons. The second-order valence-electron chi connectivity index (χ2n) is 6.99. The maximum Gasteiger partial charge on any atom is 0.0469 e. The highest BCUT2D eigenvalue weighted by Crippen LogP contribution is 2.32. The Kier molecular flexibility index (Phi) is 4.97. The first-order valence-corrected chi connectivity index (χ1v) is 8.51. The van der Waals surface area contributed by atoms with Gasteiger partial charge in [-0.15, -0.1) is 0 Å². The van der Waals surface area contributed by atoms with Crippen molar-refractivity contribution >= 4 is 0 Å². The molecule has 4 nitrogen and oxygen atoms in total. The minimum Gasteiger partial charge on any atom is -0.381 e. The molecule has 3 saturated heterocycles. The number of hydrogen-bond donors (Lipinski definition) is 1. The van der Waals surface area contributed by atoms with Crippen LogP contribution in [-0.2, 0) is 4.74 Å². The largest absolute Gasteiger partial charge is 0.381 e. The first-order chi connectivity index (χ1) is 9.79. The number of fused-ring (bicyclic) bond motifs is 1. The molecule has 0 bridgehead atoms. The summed E-state index contributed by atoms with van der Waals surface area (Å²) in [5, 5.41) is 0. The second kappa shape index (κ2) is 6.73. The molecule has 0 aliphatic carbocycles. The number of piperidine rings is 2. The Balaban J connectivity index is 1.61. The van der Waals surface area contributed by atoms with E-state index in [-0.39, 0.29) is 0 Å². The van der Waals surface area contributed by atoms with Crippen LogP contribution >= 0.6 is 0 Å². The zero-order valence-electron chi connectivity index (χ0n) is 13.0. The Bertz CT molecular complexity index is 306. The molecule has 2 N–H and O–H groups in total. The molecular formula is C16H31N3O. The van der Waals surface area contributed by atoms with E-state index in [4.69, 9.17) is 10.5 Å². The summed E-state index contributed by atoms with van der Waals surface area (Å²) in [5.74, 6) is 1.63. The minimum atomic E-state index is 0.590. The van der Waals surface area contributed by atoms with Gasteiger partial charge in [-0.2, -0.15) is 0 Å². The summed E-state index contributed by atoms with van der Waals surface area (Å²) in [7, 11) is 2.31. The number of nitrogens with zero attached hydrogens (tertiary/aromatic N) is 2. The van der Waals surface area contributed by atoms with Crippen LogP contribution in [0.2, 0.25) is 0 Å². The Morgan fingerprint density at radius 2 is 1.95 bits per heavy atom. The monoisotopic (exact) mass is 281 g/mol. The van der Waals surface area contributed by atoms with E-state index < -0.39 is 0 Å². The van der Waals surface area contributed by atoms with Crippen LogP contribution in [0.3, 0.4) is 0 Å². The molecule has 3 aliphatic rings. The van der Waals surface area contributed by atoms with Crippen molar-refractivity contribution in [2.24, 2.45) is 17.6 Å². The van der Waals surface area contributed by atoms with Crippen molar-refractivity contribution in [1.82, 2.24) is 9.80 Å². The third-order valence-corrected chi connectivity index (χ3v) is 5.90. The number of hydrogen-bond acceptors (Lipinski definition) is 4.